The van der Waals surface area contributed by atoms with Crippen LogP contribution in [0.2, 0.25) is 0 Å². The third kappa shape index (κ3) is 2.98. The van der Waals surface area contributed by atoms with Crippen molar-refractivity contribution in [3.05, 3.63) is 0 Å². The summed E-state index contributed by atoms with van der Waals surface area (Å²) in [5, 5.41) is 0. The highest BCUT2D eigenvalue weighted by Gasteiger charge is 2.46. The zero-order valence-corrected chi connectivity index (χ0v) is 13.4. The third-order valence-electron chi connectivity index (χ3n) is 5.54. The Labute approximate surface area is 119 Å². The Bertz CT molecular complexity index is 300. The second-order valence-corrected chi connectivity index (χ2v) is 7.48. The maximum absolute atomic E-state index is 6.27. The molecule has 112 valence electrons. The molecule has 3 heteroatoms. The maximum Gasteiger partial charge on any atom is 0.0349 e. The van der Waals surface area contributed by atoms with Gasteiger partial charge in [-0.2, -0.15) is 0 Å². The van der Waals surface area contributed by atoms with Gasteiger partial charge in [0.15, 0.2) is 0 Å². The van der Waals surface area contributed by atoms with Crippen LogP contribution >= 0.6 is 0 Å². The molecule has 0 bridgehead atoms. The standard InChI is InChI=1S/C16H33N3/c1-14(2)18-10-6-8-16(13-17,9-12-18)19-11-5-7-15(19,3)4/h14H,5-13,17H2,1-4H3. The molecule has 0 radical (unpaired) electrons. The fourth-order valence-corrected chi connectivity index (χ4v) is 4.29. The number of nitrogens with zero attached hydrogens (tertiary/aromatic N) is 2. The van der Waals surface area contributed by atoms with Crippen molar-refractivity contribution in [2.24, 2.45) is 5.73 Å². The number of hydrogen-bond donors (Lipinski definition) is 1. The van der Waals surface area contributed by atoms with Gasteiger partial charge in [0.25, 0.3) is 0 Å². The summed E-state index contributed by atoms with van der Waals surface area (Å²) >= 11 is 0. The van der Waals surface area contributed by atoms with Crippen molar-refractivity contribution in [3.63, 3.8) is 0 Å². The van der Waals surface area contributed by atoms with Crippen LogP contribution in [0.25, 0.3) is 0 Å². The van der Waals surface area contributed by atoms with Crippen molar-refractivity contribution < 1.29 is 0 Å². The first-order valence-electron chi connectivity index (χ1n) is 8.13. The van der Waals surface area contributed by atoms with E-state index in [4.69, 9.17) is 5.73 Å². The van der Waals surface area contributed by atoms with E-state index in [1.54, 1.807) is 0 Å². The maximum atomic E-state index is 6.27. The lowest BCUT2D eigenvalue weighted by molar-refractivity contribution is 0.0230. The van der Waals surface area contributed by atoms with Crippen LogP contribution in [0.1, 0.15) is 59.8 Å². The van der Waals surface area contributed by atoms with Gasteiger partial charge in [-0.3, -0.25) is 4.90 Å². The number of nitrogens with two attached hydrogens (primary N) is 1. The molecule has 2 rings (SSSR count). The predicted molar refractivity (Wildman–Crippen MR) is 82.4 cm³/mol. The van der Waals surface area contributed by atoms with E-state index in [-0.39, 0.29) is 5.54 Å². The van der Waals surface area contributed by atoms with E-state index < -0.39 is 0 Å². The summed E-state index contributed by atoms with van der Waals surface area (Å²) < 4.78 is 0. The molecule has 0 aliphatic carbocycles. The van der Waals surface area contributed by atoms with Crippen LogP contribution in [0.15, 0.2) is 0 Å². The zero-order chi connectivity index (χ0) is 14.1. The van der Waals surface area contributed by atoms with Crippen LogP contribution in [-0.4, -0.2) is 53.1 Å². The van der Waals surface area contributed by atoms with Crippen LogP contribution in [0, 0.1) is 0 Å². The lowest BCUT2D eigenvalue weighted by Crippen LogP contribution is -2.59. The van der Waals surface area contributed by atoms with Gasteiger partial charge in [0.1, 0.15) is 0 Å². The molecular formula is C16H33N3. The van der Waals surface area contributed by atoms with E-state index in [1.807, 2.05) is 0 Å². The molecule has 0 aromatic carbocycles. The lowest BCUT2D eigenvalue weighted by atomic mass is 9.85. The van der Waals surface area contributed by atoms with Gasteiger partial charge in [-0.1, -0.05) is 0 Å². The molecule has 1 atom stereocenters. The summed E-state index contributed by atoms with van der Waals surface area (Å²) in [6.07, 6.45) is 6.47. The summed E-state index contributed by atoms with van der Waals surface area (Å²) in [6.45, 7) is 14.0. The Morgan fingerprint density at radius 2 is 1.68 bits per heavy atom. The summed E-state index contributed by atoms with van der Waals surface area (Å²) in [6, 6.07) is 0.667. The molecule has 3 nitrogen and oxygen atoms in total. The quantitative estimate of drug-likeness (QED) is 0.852. The molecule has 2 saturated heterocycles. The summed E-state index contributed by atoms with van der Waals surface area (Å²) in [4.78, 5) is 5.38. The molecule has 0 amide bonds. The van der Waals surface area contributed by atoms with Gasteiger partial charge >= 0.3 is 0 Å². The minimum absolute atomic E-state index is 0.254. The molecule has 2 aliphatic rings. The van der Waals surface area contributed by atoms with Crippen LogP contribution in [0.5, 0.6) is 0 Å². The highest BCUT2D eigenvalue weighted by atomic mass is 15.3. The summed E-state index contributed by atoms with van der Waals surface area (Å²) in [5.41, 5.74) is 6.86. The van der Waals surface area contributed by atoms with Crippen molar-refractivity contribution in [1.29, 1.82) is 0 Å². The van der Waals surface area contributed by atoms with E-state index in [9.17, 15) is 0 Å². The molecule has 0 saturated carbocycles. The minimum Gasteiger partial charge on any atom is -0.329 e. The van der Waals surface area contributed by atoms with Gasteiger partial charge in [0.2, 0.25) is 0 Å². The first-order chi connectivity index (χ1) is 8.91. The van der Waals surface area contributed by atoms with Gasteiger partial charge in [0, 0.05) is 30.2 Å². The van der Waals surface area contributed by atoms with E-state index in [1.165, 1.54) is 51.7 Å². The monoisotopic (exact) mass is 267 g/mol. The third-order valence-corrected chi connectivity index (χ3v) is 5.54. The molecule has 0 spiro atoms. The van der Waals surface area contributed by atoms with Crippen LogP contribution < -0.4 is 5.73 Å². The van der Waals surface area contributed by atoms with Gasteiger partial charge in [0.05, 0.1) is 0 Å². The van der Waals surface area contributed by atoms with Crippen molar-refractivity contribution in [2.75, 3.05) is 26.2 Å². The fraction of sp³-hybridized carbons (Fsp3) is 1.00. The van der Waals surface area contributed by atoms with E-state index >= 15 is 0 Å². The zero-order valence-electron chi connectivity index (χ0n) is 13.4. The number of hydrogen-bond acceptors (Lipinski definition) is 3. The molecule has 2 fully saturated rings. The Balaban J connectivity index is 2.14. The average molecular weight is 267 g/mol. The normalized spacial score (nSPS) is 33.8. The van der Waals surface area contributed by atoms with Gasteiger partial charge in [-0.05, 0) is 72.9 Å². The Morgan fingerprint density at radius 3 is 2.21 bits per heavy atom. The molecule has 2 N–H and O–H groups in total. The molecule has 0 aromatic heterocycles. The number of likely N-dealkylation sites (tertiary alicyclic amines) is 2. The van der Waals surface area contributed by atoms with Crippen molar-refractivity contribution >= 4 is 0 Å². The summed E-state index contributed by atoms with van der Waals surface area (Å²) in [5.74, 6) is 0. The smallest absolute Gasteiger partial charge is 0.0349 e. The molecular weight excluding hydrogens is 234 g/mol. The highest BCUT2D eigenvalue weighted by Crippen LogP contribution is 2.40. The largest absolute Gasteiger partial charge is 0.329 e. The summed E-state index contributed by atoms with van der Waals surface area (Å²) in [7, 11) is 0. The molecule has 2 heterocycles. The molecule has 2 aliphatic heterocycles. The van der Waals surface area contributed by atoms with Crippen molar-refractivity contribution in [2.45, 2.75) is 76.9 Å². The Morgan fingerprint density at radius 1 is 1.00 bits per heavy atom. The minimum atomic E-state index is 0.254. The Hall–Kier alpha value is -0.120. The topological polar surface area (TPSA) is 32.5 Å². The van der Waals surface area contributed by atoms with Gasteiger partial charge < -0.3 is 10.6 Å². The predicted octanol–water partition coefficient (Wildman–Crippen LogP) is 2.45. The number of rotatable bonds is 3. The fourth-order valence-electron chi connectivity index (χ4n) is 4.29. The van der Waals surface area contributed by atoms with E-state index in [2.05, 4.69) is 37.5 Å². The molecule has 1 unspecified atom stereocenters. The molecule has 0 aromatic rings. The highest BCUT2D eigenvalue weighted by molar-refractivity contribution is 5.03. The van der Waals surface area contributed by atoms with Crippen LogP contribution in [0.4, 0.5) is 0 Å². The van der Waals surface area contributed by atoms with Crippen molar-refractivity contribution in [1.82, 2.24) is 9.80 Å². The Kier molecular flexibility index (Phi) is 4.59. The average Bonchev–Trinajstić information content (AvgIpc) is 2.61. The van der Waals surface area contributed by atoms with Crippen LogP contribution in [-0.2, 0) is 0 Å². The first-order valence-corrected chi connectivity index (χ1v) is 8.13. The van der Waals surface area contributed by atoms with Gasteiger partial charge in [-0.25, -0.2) is 0 Å². The van der Waals surface area contributed by atoms with Gasteiger partial charge in [-0.15, -0.1) is 0 Å². The SMILES string of the molecule is CC(C)N1CCCC(CN)(N2CCCC2(C)C)CC1. The molecule has 19 heavy (non-hydrogen) atoms. The van der Waals surface area contributed by atoms with E-state index in [0.29, 0.717) is 11.6 Å². The lowest BCUT2D eigenvalue weighted by Gasteiger charge is -2.48. The van der Waals surface area contributed by atoms with Crippen molar-refractivity contribution in [3.8, 4) is 0 Å². The first kappa shape index (κ1) is 15.3. The second-order valence-electron chi connectivity index (χ2n) is 7.48. The van der Waals surface area contributed by atoms with Crippen LogP contribution in [0.3, 0.4) is 0 Å². The van der Waals surface area contributed by atoms with E-state index in [0.717, 1.165) is 6.54 Å². The second kappa shape index (κ2) is 5.71.